The number of carbonyl (C=O) groups excluding carboxylic acids is 1. The molecule has 0 unspecified atom stereocenters. The van der Waals surface area contributed by atoms with Gasteiger partial charge in [0.1, 0.15) is 0 Å². The molecule has 3 nitrogen and oxygen atoms in total. The lowest BCUT2D eigenvalue weighted by molar-refractivity contribution is -0.122. The van der Waals surface area contributed by atoms with Gasteiger partial charge in [-0.2, -0.15) is 0 Å². The fourth-order valence-corrected chi connectivity index (χ4v) is 2.09. The van der Waals surface area contributed by atoms with Crippen molar-refractivity contribution < 1.29 is 9.90 Å². The largest absolute Gasteiger partial charge is 0.396 e. The third-order valence-corrected chi connectivity index (χ3v) is 3.03. The minimum atomic E-state index is -0.0303. The lowest BCUT2D eigenvalue weighted by Crippen LogP contribution is -2.26. The van der Waals surface area contributed by atoms with Gasteiger partial charge in [0, 0.05) is 17.5 Å². The molecule has 0 radical (unpaired) electrons. The Morgan fingerprint density at radius 1 is 1.50 bits per heavy atom. The average molecular weight is 286 g/mol. The van der Waals surface area contributed by atoms with E-state index in [-0.39, 0.29) is 18.6 Å². The Balaban J connectivity index is 2.55. The van der Waals surface area contributed by atoms with E-state index in [0.29, 0.717) is 12.8 Å². The zero-order valence-electron chi connectivity index (χ0n) is 9.24. The number of aliphatic hydroxyl groups is 1. The van der Waals surface area contributed by atoms with Crippen LogP contribution in [0.5, 0.6) is 0 Å². The van der Waals surface area contributed by atoms with E-state index < -0.39 is 0 Å². The van der Waals surface area contributed by atoms with Gasteiger partial charge in [-0.1, -0.05) is 34.1 Å². The van der Waals surface area contributed by atoms with Crippen LogP contribution in [0.25, 0.3) is 0 Å². The first-order chi connectivity index (χ1) is 7.65. The Morgan fingerprint density at radius 3 is 2.81 bits per heavy atom. The molecule has 0 heterocycles. The van der Waals surface area contributed by atoms with Crippen LogP contribution in [0.1, 0.15) is 31.4 Å². The predicted octanol–water partition coefficient (Wildman–Crippen LogP) is 2.40. The van der Waals surface area contributed by atoms with Gasteiger partial charge in [0.05, 0.1) is 6.04 Å². The maximum Gasteiger partial charge on any atom is 0.220 e. The second kappa shape index (κ2) is 6.66. The van der Waals surface area contributed by atoms with Crippen molar-refractivity contribution in [1.29, 1.82) is 0 Å². The van der Waals surface area contributed by atoms with Gasteiger partial charge in [0.15, 0.2) is 0 Å². The molecular formula is C12H16BrNO2. The van der Waals surface area contributed by atoms with E-state index in [1.165, 1.54) is 0 Å². The van der Waals surface area contributed by atoms with Crippen LogP contribution in [0.15, 0.2) is 28.7 Å². The molecule has 88 valence electrons. The predicted molar refractivity (Wildman–Crippen MR) is 67.0 cm³/mol. The zero-order valence-corrected chi connectivity index (χ0v) is 10.8. The molecule has 0 saturated carbocycles. The summed E-state index contributed by atoms with van der Waals surface area (Å²) in [4.78, 5) is 11.5. The highest BCUT2D eigenvalue weighted by Gasteiger charge is 2.11. The highest BCUT2D eigenvalue weighted by atomic mass is 79.9. The van der Waals surface area contributed by atoms with Crippen LogP contribution in [0, 0.1) is 0 Å². The summed E-state index contributed by atoms with van der Waals surface area (Å²) in [6, 6.07) is 7.78. The maximum atomic E-state index is 11.5. The molecule has 0 aliphatic heterocycles. The topological polar surface area (TPSA) is 49.3 Å². The monoisotopic (exact) mass is 285 g/mol. The van der Waals surface area contributed by atoms with Crippen molar-refractivity contribution in [1.82, 2.24) is 5.32 Å². The van der Waals surface area contributed by atoms with Gasteiger partial charge in [-0.05, 0) is 25.0 Å². The molecule has 0 bridgehead atoms. The van der Waals surface area contributed by atoms with E-state index in [2.05, 4.69) is 21.2 Å². The molecule has 0 saturated heterocycles. The van der Waals surface area contributed by atoms with Crippen molar-refractivity contribution >= 4 is 21.8 Å². The molecule has 1 atom stereocenters. The first kappa shape index (κ1) is 13.2. The van der Waals surface area contributed by atoms with Gasteiger partial charge >= 0.3 is 0 Å². The SMILES string of the molecule is C[C@@H](NC(=O)CCCO)c1ccccc1Br. The Bertz CT molecular complexity index is 355. The van der Waals surface area contributed by atoms with Crippen LogP contribution in [-0.4, -0.2) is 17.6 Å². The molecule has 0 spiro atoms. The van der Waals surface area contributed by atoms with Gasteiger partial charge in [-0.25, -0.2) is 0 Å². The van der Waals surface area contributed by atoms with Crippen LogP contribution < -0.4 is 5.32 Å². The maximum absolute atomic E-state index is 11.5. The third-order valence-electron chi connectivity index (χ3n) is 2.31. The Kier molecular flexibility index (Phi) is 5.49. The quantitative estimate of drug-likeness (QED) is 0.873. The van der Waals surface area contributed by atoms with Crippen molar-refractivity contribution in [2.45, 2.75) is 25.8 Å². The highest BCUT2D eigenvalue weighted by molar-refractivity contribution is 9.10. The summed E-state index contributed by atoms with van der Waals surface area (Å²) in [5.41, 5.74) is 1.06. The summed E-state index contributed by atoms with van der Waals surface area (Å²) in [7, 11) is 0. The fraction of sp³-hybridized carbons (Fsp3) is 0.417. The van der Waals surface area contributed by atoms with E-state index in [4.69, 9.17) is 5.11 Å². The summed E-state index contributed by atoms with van der Waals surface area (Å²) in [6.45, 7) is 1.99. The summed E-state index contributed by atoms with van der Waals surface area (Å²) in [5, 5.41) is 11.5. The van der Waals surface area contributed by atoms with Crippen molar-refractivity contribution in [3.05, 3.63) is 34.3 Å². The van der Waals surface area contributed by atoms with Crippen LogP contribution in [0.3, 0.4) is 0 Å². The highest BCUT2D eigenvalue weighted by Crippen LogP contribution is 2.22. The minimum Gasteiger partial charge on any atom is -0.396 e. The number of carbonyl (C=O) groups is 1. The number of halogens is 1. The number of amides is 1. The summed E-state index contributed by atoms with van der Waals surface area (Å²) in [5.74, 6) is -0.0303. The van der Waals surface area contributed by atoms with Gasteiger partial charge in [-0.3, -0.25) is 4.79 Å². The Hall–Kier alpha value is -0.870. The number of rotatable bonds is 5. The van der Waals surface area contributed by atoms with Crippen LogP contribution in [0.4, 0.5) is 0 Å². The molecular weight excluding hydrogens is 270 g/mol. The number of benzene rings is 1. The first-order valence-corrected chi connectivity index (χ1v) is 6.09. The minimum absolute atomic E-state index is 0.0261. The summed E-state index contributed by atoms with van der Waals surface area (Å²) < 4.78 is 0.991. The molecule has 0 fully saturated rings. The van der Waals surface area contributed by atoms with Gasteiger partial charge in [0.2, 0.25) is 5.91 Å². The lowest BCUT2D eigenvalue weighted by Gasteiger charge is -2.15. The molecule has 0 aliphatic carbocycles. The standard InChI is InChI=1S/C12H16BrNO2/c1-9(14-12(16)7-4-8-15)10-5-2-3-6-11(10)13/h2-3,5-6,9,15H,4,7-8H2,1H3,(H,14,16)/t9-/m1/s1. The van der Waals surface area contributed by atoms with Crippen molar-refractivity contribution in [2.24, 2.45) is 0 Å². The van der Waals surface area contributed by atoms with E-state index >= 15 is 0 Å². The van der Waals surface area contributed by atoms with E-state index in [1.807, 2.05) is 31.2 Å². The third kappa shape index (κ3) is 3.94. The molecule has 1 aromatic rings. The zero-order chi connectivity index (χ0) is 12.0. The van der Waals surface area contributed by atoms with Gasteiger partial charge < -0.3 is 10.4 Å². The molecule has 16 heavy (non-hydrogen) atoms. The van der Waals surface area contributed by atoms with Crippen LogP contribution in [-0.2, 0) is 4.79 Å². The summed E-state index contributed by atoms with van der Waals surface area (Å²) in [6.07, 6.45) is 0.875. The van der Waals surface area contributed by atoms with Crippen LogP contribution in [0.2, 0.25) is 0 Å². The average Bonchev–Trinajstić information content (AvgIpc) is 2.26. The Morgan fingerprint density at radius 2 is 2.19 bits per heavy atom. The number of hydrogen-bond acceptors (Lipinski definition) is 2. The van der Waals surface area contributed by atoms with E-state index in [1.54, 1.807) is 0 Å². The second-order valence-electron chi connectivity index (χ2n) is 3.64. The van der Waals surface area contributed by atoms with Crippen LogP contribution >= 0.6 is 15.9 Å². The molecule has 1 aromatic carbocycles. The van der Waals surface area contributed by atoms with Crippen molar-refractivity contribution in [3.63, 3.8) is 0 Å². The molecule has 1 rings (SSSR count). The molecule has 0 aliphatic rings. The van der Waals surface area contributed by atoms with E-state index in [9.17, 15) is 4.79 Å². The second-order valence-corrected chi connectivity index (χ2v) is 4.49. The smallest absolute Gasteiger partial charge is 0.220 e. The number of aliphatic hydroxyl groups excluding tert-OH is 1. The summed E-state index contributed by atoms with van der Waals surface area (Å²) >= 11 is 3.45. The molecule has 0 aromatic heterocycles. The van der Waals surface area contributed by atoms with E-state index in [0.717, 1.165) is 10.0 Å². The lowest BCUT2D eigenvalue weighted by atomic mass is 10.1. The van der Waals surface area contributed by atoms with Crippen molar-refractivity contribution in [3.8, 4) is 0 Å². The molecule has 4 heteroatoms. The fourth-order valence-electron chi connectivity index (χ4n) is 1.46. The van der Waals surface area contributed by atoms with Gasteiger partial charge in [-0.15, -0.1) is 0 Å². The number of hydrogen-bond donors (Lipinski definition) is 2. The normalized spacial score (nSPS) is 12.2. The van der Waals surface area contributed by atoms with Gasteiger partial charge in [0.25, 0.3) is 0 Å². The number of nitrogens with one attached hydrogen (secondary N) is 1. The van der Waals surface area contributed by atoms with Crippen molar-refractivity contribution in [2.75, 3.05) is 6.61 Å². The molecule has 1 amide bonds. The first-order valence-electron chi connectivity index (χ1n) is 5.29. The molecule has 2 N–H and O–H groups in total. The Labute approximate surface area is 104 Å².